The van der Waals surface area contributed by atoms with Crippen molar-refractivity contribution in [2.75, 3.05) is 6.54 Å². The number of hydrogen-bond acceptors (Lipinski definition) is 3. The van der Waals surface area contributed by atoms with Crippen molar-refractivity contribution in [2.24, 2.45) is 17.8 Å². The summed E-state index contributed by atoms with van der Waals surface area (Å²) in [5.41, 5.74) is -0.779. The molecule has 1 unspecified atom stereocenters. The fourth-order valence-corrected chi connectivity index (χ4v) is 3.45. The minimum Gasteiger partial charge on any atom is -0.481 e. The van der Waals surface area contributed by atoms with E-state index in [1.165, 1.54) is 0 Å². The van der Waals surface area contributed by atoms with Crippen molar-refractivity contribution in [1.29, 1.82) is 0 Å². The number of aliphatic hydroxyl groups is 1. The highest BCUT2D eigenvalue weighted by molar-refractivity contribution is 5.85. The molecule has 2 aliphatic rings. The zero-order valence-corrected chi connectivity index (χ0v) is 11.4. The summed E-state index contributed by atoms with van der Waals surface area (Å²) >= 11 is 0. The van der Waals surface area contributed by atoms with E-state index in [0.29, 0.717) is 12.8 Å². The van der Waals surface area contributed by atoms with E-state index in [1.807, 2.05) is 6.92 Å². The van der Waals surface area contributed by atoms with Gasteiger partial charge in [-0.25, -0.2) is 0 Å². The van der Waals surface area contributed by atoms with E-state index >= 15 is 0 Å². The molecule has 0 saturated heterocycles. The molecule has 5 nitrogen and oxygen atoms in total. The zero-order valence-electron chi connectivity index (χ0n) is 11.4. The molecule has 0 heterocycles. The van der Waals surface area contributed by atoms with Crippen LogP contribution in [0.1, 0.15) is 45.4 Å². The van der Waals surface area contributed by atoms with Crippen molar-refractivity contribution in [3.05, 3.63) is 0 Å². The van der Waals surface area contributed by atoms with Crippen molar-refractivity contribution >= 4 is 11.9 Å². The number of nitrogens with one attached hydrogen (secondary N) is 1. The largest absolute Gasteiger partial charge is 0.481 e. The SMILES string of the molecule is CC1C[C@H](C(=O)NCC2(O)CCCC2)[C@H](C(=O)O)C1. The van der Waals surface area contributed by atoms with Crippen LogP contribution in [0.15, 0.2) is 0 Å². The lowest BCUT2D eigenvalue weighted by Gasteiger charge is -2.24. The van der Waals surface area contributed by atoms with E-state index in [4.69, 9.17) is 5.11 Å². The molecule has 0 aromatic carbocycles. The average Bonchev–Trinajstić information content (AvgIpc) is 2.93. The van der Waals surface area contributed by atoms with E-state index in [9.17, 15) is 14.7 Å². The van der Waals surface area contributed by atoms with Crippen molar-refractivity contribution < 1.29 is 19.8 Å². The normalized spacial score (nSPS) is 33.3. The first-order valence-corrected chi connectivity index (χ1v) is 7.14. The van der Waals surface area contributed by atoms with E-state index in [2.05, 4.69) is 5.32 Å². The summed E-state index contributed by atoms with van der Waals surface area (Å²) in [6.07, 6.45) is 4.61. The maximum atomic E-state index is 12.1. The van der Waals surface area contributed by atoms with Gasteiger partial charge in [0.05, 0.1) is 17.4 Å². The molecule has 108 valence electrons. The highest BCUT2D eigenvalue weighted by Crippen LogP contribution is 2.36. The molecular weight excluding hydrogens is 246 g/mol. The number of amides is 1. The minimum absolute atomic E-state index is 0.211. The summed E-state index contributed by atoms with van der Waals surface area (Å²) in [7, 11) is 0. The van der Waals surface area contributed by atoms with E-state index < -0.39 is 23.4 Å². The number of carboxylic acid groups (broad SMARTS) is 1. The van der Waals surface area contributed by atoms with Gasteiger partial charge in [0.1, 0.15) is 0 Å². The predicted molar refractivity (Wildman–Crippen MR) is 69.4 cm³/mol. The monoisotopic (exact) mass is 269 g/mol. The molecule has 19 heavy (non-hydrogen) atoms. The third kappa shape index (κ3) is 3.26. The van der Waals surface area contributed by atoms with Gasteiger partial charge in [-0.3, -0.25) is 9.59 Å². The van der Waals surface area contributed by atoms with Gasteiger partial charge in [0.25, 0.3) is 0 Å². The van der Waals surface area contributed by atoms with Crippen LogP contribution in [0.3, 0.4) is 0 Å². The Bertz CT molecular complexity index is 362. The Kier molecular flexibility index (Phi) is 4.13. The Morgan fingerprint density at radius 3 is 2.37 bits per heavy atom. The molecule has 3 atom stereocenters. The molecule has 0 aromatic rings. The maximum Gasteiger partial charge on any atom is 0.307 e. The highest BCUT2D eigenvalue weighted by atomic mass is 16.4. The molecule has 0 aliphatic heterocycles. The molecule has 2 rings (SSSR count). The quantitative estimate of drug-likeness (QED) is 0.714. The molecule has 2 fully saturated rings. The molecule has 0 bridgehead atoms. The second-order valence-corrected chi connectivity index (χ2v) is 6.28. The number of hydrogen-bond donors (Lipinski definition) is 3. The molecule has 2 aliphatic carbocycles. The van der Waals surface area contributed by atoms with Crippen LogP contribution in [-0.2, 0) is 9.59 Å². The Morgan fingerprint density at radius 2 is 1.79 bits per heavy atom. The molecule has 2 saturated carbocycles. The zero-order chi connectivity index (χ0) is 14.0. The van der Waals surface area contributed by atoms with Gasteiger partial charge >= 0.3 is 5.97 Å². The summed E-state index contributed by atoms with van der Waals surface area (Å²) in [6, 6.07) is 0. The topological polar surface area (TPSA) is 86.6 Å². The minimum atomic E-state index is -0.885. The highest BCUT2D eigenvalue weighted by Gasteiger charge is 2.42. The van der Waals surface area contributed by atoms with Gasteiger partial charge < -0.3 is 15.5 Å². The summed E-state index contributed by atoms with van der Waals surface area (Å²) < 4.78 is 0. The number of carbonyl (C=O) groups is 2. The molecule has 0 spiro atoms. The van der Waals surface area contributed by atoms with E-state index in [-0.39, 0.29) is 18.4 Å². The molecule has 5 heteroatoms. The first kappa shape index (κ1) is 14.3. The Balaban J connectivity index is 1.90. The molecule has 0 radical (unpaired) electrons. The van der Waals surface area contributed by atoms with Crippen molar-refractivity contribution in [3.63, 3.8) is 0 Å². The smallest absolute Gasteiger partial charge is 0.307 e. The van der Waals surface area contributed by atoms with Crippen molar-refractivity contribution in [1.82, 2.24) is 5.32 Å². The fourth-order valence-electron chi connectivity index (χ4n) is 3.45. The van der Waals surface area contributed by atoms with Gasteiger partial charge in [-0.1, -0.05) is 19.8 Å². The number of aliphatic carboxylic acids is 1. The lowest BCUT2D eigenvalue weighted by atomic mass is 9.94. The van der Waals surface area contributed by atoms with Gasteiger partial charge in [0, 0.05) is 6.54 Å². The lowest BCUT2D eigenvalue weighted by Crippen LogP contribution is -2.44. The first-order chi connectivity index (χ1) is 8.91. The predicted octanol–water partition coefficient (Wildman–Crippen LogP) is 1.15. The maximum absolute atomic E-state index is 12.1. The van der Waals surface area contributed by atoms with Crippen molar-refractivity contribution in [3.8, 4) is 0 Å². The summed E-state index contributed by atoms with van der Waals surface area (Å²) in [5, 5.41) is 22.1. The number of carboxylic acids is 1. The van der Waals surface area contributed by atoms with Crippen LogP contribution in [0.5, 0.6) is 0 Å². The third-order valence-corrected chi connectivity index (χ3v) is 4.58. The summed E-state index contributed by atoms with van der Waals surface area (Å²) in [6.45, 7) is 2.23. The van der Waals surface area contributed by atoms with Gasteiger partial charge in [-0.15, -0.1) is 0 Å². The summed E-state index contributed by atoms with van der Waals surface area (Å²) in [4.78, 5) is 23.3. The van der Waals surface area contributed by atoms with Crippen LogP contribution >= 0.6 is 0 Å². The van der Waals surface area contributed by atoms with Crippen LogP contribution in [-0.4, -0.2) is 34.2 Å². The van der Waals surface area contributed by atoms with Crippen LogP contribution < -0.4 is 5.32 Å². The molecular formula is C14H23NO4. The number of rotatable bonds is 4. The van der Waals surface area contributed by atoms with E-state index in [0.717, 1.165) is 25.7 Å². The lowest BCUT2D eigenvalue weighted by molar-refractivity contribution is -0.146. The molecule has 0 aromatic heterocycles. The standard InChI is InChI=1S/C14H23NO4/c1-9-6-10(11(7-9)13(17)18)12(16)15-8-14(19)4-2-3-5-14/h9-11,19H,2-8H2,1H3,(H,15,16)(H,17,18)/t9?,10-,11+/m0/s1. The van der Waals surface area contributed by atoms with Gasteiger partial charge in [0.15, 0.2) is 0 Å². The van der Waals surface area contributed by atoms with Gasteiger partial charge in [0.2, 0.25) is 5.91 Å². The second kappa shape index (κ2) is 5.49. The average molecular weight is 269 g/mol. The van der Waals surface area contributed by atoms with Crippen LogP contribution in [0.2, 0.25) is 0 Å². The fraction of sp³-hybridized carbons (Fsp3) is 0.857. The van der Waals surface area contributed by atoms with E-state index in [1.54, 1.807) is 0 Å². The number of carbonyl (C=O) groups excluding carboxylic acids is 1. The van der Waals surface area contributed by atoms with Gasteiger partial charge in [-0.2, -0.15) is 0 Å². The third-order valence-electron chi connectivity index (χ3n) is 4.58. The molecule has 3 N–H and O–H groups in total. The van der Waals surface area contributed by atoms with Crippen LogP contribution in [0.4, 0.5) is 0 Å². The Morgan fingerprint density at radius 1 is 1.21 bits per heavy atom. The summed E-state index contributed by atoms with van der Waals surface area (Å²) in [5.74, 6) is -1.85. The first-order valence-electron chi connectivity index (χ1n) is 7.14. The van der Waals surface area contributed by atoms with Crippen LogP contribution in [0, 0.1) is 17.8 Å². The Labute approximate surface area is 113 Å². The van der Waals surface area contributed by atoms with Crippen molar-refractivity contribution in [2.45, 2.75) is 51.0 Å². The Hall–Kier alpha value is -1.10. The van der Waals surface area contributed by atoms with Crippen LogP contribution in [0.25, 0.3) is 0 Å². The second-order valence-electron chi connectivity index (χ2n) is 6.28. The van der Waals surface area contributed by atoms with Gasteiger partial charge in [-0.05, 0) is 31.6 Å². The molecule has 1 amide bonds.